The number of benzene rings is 1. The summed E-state index contributed by atoms with van der Waals surface area (Å²) in [5.41, 5.74) is 7.04. The van der Waals surface area contributed by atoms with Gasteiger partial charge < -0.3 is 15.8 Å². The highest BCUT2D eigenvalue weighted by Crippen LogP contribution is 2.16. The van der Waals surface area contributed by atoms with Crippen LogP contribution >= 0.6 is 0 Å². The predicted molar refractivity (Wildman–Crippen MR) is 55.6 cm³/mol. The van der Waals surface area contributed by atoms with Crippen molar-refractivity contribution < 1.29 is 9.53 Å². The number of nitrogen functional groups attached to an aromatic ring is 1. The zero-order valence-electron chi connectivity index (χ0n) is 7.86. The van der Waals surface area contributed by atoms with Crippen molar-refractivity contribution in [2.45, 2.75) is 0 Å². The maximum atomic E-state index is 10.7. The highest BCUT2D eigenvalue weighted by Gasteiger charge is 1.94. The second kappa shape index (κ2) is 4.91. The molecule has 1 aromatic rings. The normalized spacial score (nSPS) is 10.1. The lowest BCUT2D eigenvalue weighted by molar-refractivity contribution is -0.134. The molecule has 0 aliphatic carbocycles. The molecule has 0 saturated heterocycles. The maximum absolute atomic E-state index is 10.7. The second-order valence-corrected chi connectivity index (χ2v) is 2.59. The Hall–Kier alpha value is -1.97. The van der Waals surface area contributed by atoms with E-state index in [0.29, 0.717) is 5.69 Å². The van der Waals surface area contributed by atoms with Crippen molar-refractivity contribution in [2.75, 3.05) is 18.2 Å². The number of esters is 1. The minimum Gasteiger partial charge on any atom is -0.466 e. The number of carbonyl (C=O) groups is 1. The van der Waals surface area contributed by atoms with Crippen LogP contribution in [-0.2, 0) is 9.53 Å². The molecule has 0 amide bonds. The summed E-state index contributed by atoms with van der Waals surface area (Å²) >= 11 is 0. The van der Waals surface area contributed by atoms with Gasteiger partial charge in [0.1, 0.15) is 0 Å². The maximum Gasteiger partial charge on any atom is 0.331 e. The molecule has 0 fully saturated rings. The molecule has 0 saturated carbocycles. The highest BCUT2D eigenvalue weighted by atomic mass is 16.5. The van der Waals surface area contributed by atoms with Gasteiger partial charge in [-0.05, 0) is 12.1 Å². The van der Waals surface area contributed by atoms with E-state index < -0.39 is 5.97 Å². The number of nitrogens with one attached hydrogen (secondary N) is 1. The molecule has 74 valence electrons. The SMILES string of the molecule is COC(=O)/C=C/Nc1ccccc1N. The molecule has 1 aromatic carbocycles. The zero-order valence-corrected chi connectivity index (χ0v) is 7.86. The van der Waals surface area contributed by atoms with Crippen molar-refractivity contribution in [3.63, 3.8) is 0 Å². The number of methoxy groups -OCH3 is 1. The van der Waals surface area contributed by atoms with Crippen LogP contribution in [0.4, 0.5) is 11.4 Å². The molecule has 14 heavy (non-hydrogen) atoms. The molecule has 3 N–H and O–H groups in total. The average Bonchev–Trinajstić information content (AvgIpc) is 2.20. The van der Waals surface area contributed by atoms with Crippen LogP contribution in [-0.4, -0.2) is 13.1 Å². The first-order valence-corrected chi connectivity index (χ1v) is 4.09. The molecular formula is C10H12N2O2. The average molecular weight is 192 g/mol. The number of rotatable bonds is 3. The zero-order chi connectivity index (χ0) is 10.4. The van der Waals surface area contributed by atoms with E-state index in [0.717, 1.165) is 5.69 Å². The summed E-state index contributed by atoms with van der Waals surface area (Å²) in [5.74, 6) is -0.410. The van der Waals surface area contributed by atoms with Gasteiger partial charge in [-0.15, -0.1) is 0 Å². The molecule has 4 heteroatoms. The first-order valence-electron chi connectivity index (χ1n) is 4.09. The third-order valence-electron chi connectivity index (χ3n) is 1.62. The van der Waals surface area contributed by atoms with Crippen molar-refractivity contribution in [2.24, 2.45) is 0 Å². The number of para-hydroxylation sites is 2. The molecule has 0 spiro atoms. The number of nitrogens with two attached hydrogens (primary N) is 1. The molecule has 0 unspecified atom stereocenters. The smallest absolute Gasteiger partial charge is 0.331 e. The molecule has 0 aromatic heterocycles. The quantitative estimate of drug-likeness (QED) is 0.431. The summed E-state index contributed by atoms with van der Waals surface area (Å²) in [5, 5.41) is 2.87. The summed E-state index contributed by atoms with van der Waals surface area (Å²) in [6.07, 6.45) is 2.77. The van der Waals surface area contributed by atoms with E-state index in [4.69, 9.17) is 5.73 Å². The monoisotopic (exact) mass is 192 g/mol. The van der Waals surface area contributed by atoms with Crippen LogP contribution in [0.2, 0.25) is 0 Å². The molecule has 4 nitrogen and oxygen atoms in total. The van der Waals surface area contributed by atoms with Crippen LogP contribution in [0.1, 0.15) is 0 Å². The molecule has 0 aliphatic rings. The third-order valence-corrected chi connectivity index (χ3v) is 1.62. The van der Waals surface area contributed by atoms with Crippen LogP contribution in [0.25, 0.3) is 0 Å². The van der Waals surface area contributed by atoms with Gasteiger partial charge in [-0.25, -0.2) is 4.79 Å². The van der Waals surface area contributed by atoms with Gasteiger partial charge in [0.25, 0.3) is 0 Å². The van der Waals surface area contributed by atoms with E-state index in [1.54, 1.807) is 6.07 Å². The standard InChI is InChI=1S/C10H12N2O2/c1-14-10(13)6-7-12-9-5-3-2-4-8(9)11/h2-7,12H,11H2,1H3/b7-6+. The Morgan fingerprint density at radius 2 is 2.21 bits per heavy atom. The predicted octanol–water partition coefficient (Wildman–Crippen LogP) is 1.37. The van der Waals surface area contributed by atoms with Crippen LogP contribution in [0.15, 0.2) is 36.5 Å². The third kappa shape index (κ3) is 2.82. The Morgan fingerprint density at radius 3 is 2.86 bits per heavy atom. The van der Waals surface area contributed by atoms with E-state index in [9.17, 15) is 4.79 Å². The lowest BCUT2D eigenvalue weighted by atomic mass is 10.3. The van der Waals surface area contributed by atoms with Crippen molar-refractivity contribution in [1.29, 1.82) is 0 Å². The lowest BCUT2D eigenvalue weighted by Gasteiger charge is -2.03. The molecule has 0 atom stereocenters. The molecule has 0 heterocycles. The van der Waals surface area contributed by atoms with Crippen molar-refractivity contribution >= 4 is 17.3 Å². The van der Waals surface area contributed by atoms with Crippen LogP contribution in [0.5, 0.6) is 0 Å². The van der Waals surface area contributed by atoms with Crippen molar-refractivity contribution in [3.05, 3.63) is 36.5 Å². The summed E-state index contributed by atoms with van der Waals surface area (Å²) in [4.78, 5) is 10.7. The first-order chi connectivity index (χ1) is 6.74. The summed E-state index contributed by atoms with van der Waals surface area (Å²) in [7, 11) is 1.32. The van der Waals surface area contributed by atoms with Gasteiger partial charge in [0, 0.05) is 12.3 Å². The highest BCUT2D eigenvalue weighted by molar-refractivity contribution is 5.82. The minimum atomic E-state index is -0.410. The number of ether oxygens (including phenoxy) is 1. The Balaban J connectivity index is 2.58. The second-order valence-electron chi connectivity index (χ2n) is 2.59. The fourth-order valence-electron chi connectivity index (χ4n) is 0.896. The van der Waals surface area contributed by atoms with Crippen molar-refractivity contribution in [3.8, 4) is 0 Å². The van der Waals surface area contributed by atoms with E-state index in [1.165, 1.54) is 19.4 Å². The van der Waals surface area contributed by atoms with Gasteiger partial charge in [0.15, 0.2) is 0 Å². The van der Waals surface area contributed by atoms with E-state index >= 15 is 0 Å². The Kier molecular flexibility index (Phi) is 3.55. The van der Waals surface area contributed by atoms with Gasteiger partial charge in [0.05, 0.1) is 18.5 Å². The molecular weight excluding hydrogens is 180 g/mol. The number of hydrogen-bond donors (Lipinski definition) is 2. The molecule has 0 radical (unpaired) electrons. The van der Waals surface area contributed by atoms with Gasteiger partial charge in [-0.3, -0.25) is 0 Å². The van der Waals surface area contributed by atoms with Crippen LogP contribution in [0.3, 0.4) is 0 Å². The Morgan fingerprint density at radius 1 is 1.50 bits per heavy atom. The van der Waals surface area contributed by atoms with E-state index in [1.807, 2.05) is 18.2 Å². The first kappa shape index (κ1) is 10.1. The fraction of sp³-hybridized carbons (Fsp3) is 0.100. The van der Waals surface area contributed by atoms with Crippen LogP contribution < -0.4 is 11.1 Å². The molecule has 1 rings (SSSR count). The van der Waals surface area contributed by atoms with E-state index in [-0.39, 0.29) is 0 Å². The molecule has 0 bridgehead atoms. The van der Waals surface area contributed by atoms with Gasteiger partial charge in [-0.2, -0.15) is 0 Å². The van der Waals surface area contributed by atoms with Gasteiger partial charge >= 0.3 is 5.97 Å². The number of carbonyl (C=O) groups excluding carboxylic acids is 1. The van der Waals surface area contributed by atoms with Gasteiger partial charge in [-0.1, -0.05) is 12.1 Å². The van der Waals surface area contributed by atoms with Crippen LogP contribution in [0, 0.1) is 0 Å². The number of anilines is 2. The summed E-state index contributed by atoms with van der Waals surface area (Å²) < 4.78 is 4.42. The fourth-order valence-corrected chi connectivity index (χ4v) is 0.896. The number of hydrogen-bond acceptors (Lipinski definition) is 4. The summed E-state index contributed by atoms with van der Waals surface area (Å²) in [6.45, 7) is 0. The lowest BCUT2D eigenvalue weighted by Crippen LogP contribution is -1.98. The Labute approximate surface area is 82.4 Å². The summed E-state index contributed by atoms with van der Waals surface area (Å²) in [6, 6.07) is 7.28. The largest absolute Gasteiger partial charge is 0.466 e. The topological polar surface area (TPSA) is 64.3 Å². The molecule has 0 aliphatic heterocycles. The minimum absolute atomic E-state index is 0.410. The Bertz CT molecular complexity index is 348. The van der Waals surface area contributed by atoms with Gasteiger partial charge in [0.2, 0.25) is 0 Å². The van der Waals surface area contributed by atoms with Crippen molar-refractivity contribution in [1.82, 2.24) is 0 Å². The van der Waals surface area contributed by atoms with E-state index in [2.05, 4.69) is 10.1 Å².